The van der Waals surface area contributed by atoms with Gasteiger partial charge in [-0.25, -0.2) is 9.59 Å². The molecule has 34 heavy (non-hydrogen) atoms. The summed E-state index contributed by atoms with van der Waals surface area (Å²) in [6, 6.07) is -1.20. The zero-order valence-electron chi connectivity index (χ0n) is 19.1. The second kappa shape index (κ2) is 15.0. The summed E-state index contributed by atoms with van der Waals surface area (Å²) in [5.41, 5.74) is 4.80. The van der Waals surface area contributed by atoms with Gasteiger partial charge in [-0.2, -0.15) is 0 Å². The van der Waals surface area contributed by atoms with Gasteiger partial charge in [0.05, 0.1) is 0 Å². The summed E-state index contributed by atoms with van der Waals surface area (Å²) in [5, 5.41) is 32.1. The minimum Gasteiger partial charge on any atom is -0.480 e. The molecule has 0 spiro atoms. The Labute approximate surface area is 194 Å². The number of guanidine groups is 1. The summed E-state index contributed by atoms with van der Waals surface area (Å²) >= 11 is 0. The van der Waals surface area contributed by atoms with Crippen LogP contribution in [-0.4, -0.2) is 70.1 Å². The summed E-state index contributed by atoms with van der Waals surface area (Å²) in [7, 11) is 0. The number of ether oxygens (including phenoxy) is 1. The van der Waals surface area contributed by atoms with E-state index in [1.807, 2.05) is 0 Å². The first-order valence-corrected chi connectivity index (χ1v) is 10.1. The lowest BCUT2D eigenvalue weighted by Gasteiger charge is -2.21. The topological polar surface area (TPSA) is 248 Å². The number of nitrogens with one attached hydrogen (secondary N) is 2. The molecule has 17 heteroatoms. The molecule has 0 aliphatic carbocycles. The van der Waals surface area contributed by atoms with Gasteiger partial charge >= 0.3 is 12.1 Å². The van der Waals surface area contributed by atoms with Gasteiger partial charge in [0, 0.05) is 13.0 Å². The maximum absolute atomic E-state index is 11.9. The smallest absolute Gasteiger partial charge is 0.408 e. The van der Waals surface area contributed by atoms with Gasteiger partial charge in [-0.05, 0) is 46.5 Å². The minimum absolute atomic E-state index is 0.0311. The van der Waals surface area contributed by atoms with Crippen molar-refractivity contribution in [2.24, 2.45) is 10.7 Å². The highest BCUT2D eigenvalue weighted by atomic mass is 17.0. The van der Waals surface area contributed by atoms with Gasteiger partial charge in [-0.3, -0.25) is 15.1 Å². The van der Waals surface area contributed by atoms with Crippen LogP contribution in [0.3, 0.4) is 0 Å². The van der Waals surface area contributed by atoms with Crippen LogP contribution >= 0.6 is 0 Å². The molecular weight excluding hydrogens is 464 g/mol. The Kier molecular flexibility index (Phi) is 13.3. The van der Waals surface area contributed by atoms with E-state index < -0.39 is 52.5 Å². The van der Waals surface area contributed by atoms with Gasteiger partial charge in [-0.1, -0.05) is 0 Å². The number of carboxylic acid groups (broad SMARTS) is 1. The SMILES string of the molecule is CC(C)(C)OC(=O)NC(CCCN=C(N)NC(=O)CCCC(CO[N+](=O)[O-])O[N+](=O)[O-])C(=O)O. The van der Waals surface area contributed by atoms with E-state index in [0.29, 0.717) is 0 Å². The molecule has 0 aliphatic rings. The molecule has 0 heterocycles. The Balaban J connectivity index is 4.39. The second-order valence-corrected chi connectivity index (χ2v) is 7.86. The molecule has 0 fully saturated rings. The van der Waals surface area contributed by atoms with Crippen LogP contribution in [0.25, 0.3) is 0 Å². The molecule has 194 valence electrons. The predicted molar refractivity (Wildman–Crippen MR) is 113 cm³/mol. The fourth-order valence-electron chi connectivity index (χ4n) is 2.37. The molecule has 0 radical (unpaired) electrons. The second-order valence-electron chi connectivity index (χ2n) is 7.86. The summed E-state index contributed by atoms with van der Waals surface area (Å²) in [6.45, 7) is 4.30. The first kappa shape index (κ1) is 30.1. The number of aliphatic imine (C=N–C) groups is 1. The van der Waals surface area contributed by atoms with E-state index in [1.54, 1.807) is 20.8 Å². The highest BCUT2D eigenvalue weighted by Gasteiger charge is 2.23. The third kappa shape index (κ3) is 16.7. The maximum atomic E-state index is 11.9. The predicted octanol–water partition coefficient (Wildman–Crippen LogP) is 0.131. The van der Waals surface area contributed by atoms with Gasteiger partial charge in [0.2, 0.25) is 5.91 Å². The van der Waals surface area contributed by atoms with E-state index >= 15 is 0 Å². The quantitative estimate of drug-likeness (QED) is 0.0779. The minimum atomic E-state index is -1.25. The number of nitrogens with two attached hydrogens (primary N) is 1. The van der Waals surface area contributed by atoms with Crippen molar-refractivity contribution in [3.05, 3.63) is 20.2 Å². The van der Waals surface area contributed by atoms with Crippen LogP contribution in [0.1, 0.15) is 52.9 Å². The number of hydrogen-bond acceptors (Lipinski definition) is 11. The van der Waals surface area contributed by atoms with Gasteiger partial charge in [-0.15, -0.1) is 20.2 Å². The summed E-state index contributed by atoms with van der Waals surface area (Å²) in [5.74, 6) is -2.04. The van der Waals surface area contributed by atoms with Crippen molar-refractivity contribution in [1.29, 1.82) is 0 Å². The highest BCUT2D eigenvalue weighted by Crippen LogP contribution is 2.08. The molecule has 0 saturated heterocycles. The van der Waals surface area contributed by atoms with Crippen molar-refractivity contribution in [2.75, 3.05) is 13.2 Å². The van der Waals surface area contributed by atoms with Crippen LogP contribution < -0.4 is 16.4 Å². The zero-order chi connectivity index (χ0) is 26.3. The van der Waals surface area contributed by atoms with E-state index in [0.717, 1.165) is 0 Å². The Morgan fingerprint density at radius 2 is 1.76 bits per heavy atom. The molecule has 5 N–H and O–H groups in total. The lowest BCUT2D eigenvalue weighted by molar-refractivity contribution is -0.790. The molecule has 0 aromatic rings. The van der Waals surface area contributed by atoms with Crippen LogP contribution in [0.5, 0.6) is 0 Å². The standard InChI is InChI=1S/C17H30N6O11/c1-17(2,3)33-16(27)20-12(14(25)26)7-5-9-19-15(18)21-13(24)8-4-6-11(34-23(30)31)10-32-22(28)29/h11-12H,4-10H2,1-3H3,(H,20,27)(H,25,26)(H3,18,19,21,24). The molecule has 17 nitrogen and oxygen atoms in total. The lowest BCUT2D eigenvalue weighted by atomic mass is 10.1. The highest BCUT2D eigenvalue weighted by molar-refractivity contribution is 5.96. The number of amides is 2. The number of carbonyl (C=O) groups excluding carboxylic acids is 2. The Morgan fingerprint density at radius 3 is 2.29 bits per heavy atom. The number of carboxylic acids is 1. The number of carbonyl (C=O) groups is 3. The van der Waals surface area contributed by atoms with Crippen molar-refractivity contribution in [3.63, 3.8) is 0 Å². The third-order valence-corrected chi connectivity index (χ3v) is 3.72. The van der Waals surface area contributed by atoms with Gasteiger partial charge in [0.25, 0.3) is 10.2 Å². The number of hydrogen-bond donors (Lipinski definition) is 4. The lowest BCUT2D eigenvalue weighted by Crippen LogP contribution is -2.43. The summed E-state index contributed by atoms with van der Waals surface area (Å²) in [6.07, 6.45) is -1.96. The van der Waals surface area contributed by atoms with Crippen LogP contribution in [0.15, 0.2) is 4.99 Å². The number of nitrogens with zero attached hydrogens (tertiary/aromatic N) is 3. The van der Waals surface area contributed by atoms with Crippen LogP contribution in [-0.2, 0) is 24.0 Å². The Morgan fingerprint density at radius 1 is 1.12 bits per heavy atom. The Bertz CT molecular complexity index is 753. The first-order chi connectivity index (χ1) is 15.7. The molecule has 0 aromatic carbocycles. The fraction of sp³-hybridized carbons (Fsp3) is 0.765. The van der Waals surface area contributed by atoms with Crippen molar-refractivity contribution in [3.8, 4) is 0 Å². The van der Waals surface area contributed by atoms with Gasteiger partial charge < -0.3 is 30.6 Å². The molecule has 0 saturated carbocycles. The fourth-order valence-corrected chi connectivity index (χ4v) is 2.37. The van der Waals surface area contributed by atoms with Gasteiger partial charge in [0.15, 0.2) is 5.96 Å². The number of alkyl carbamates (subject to hydrolysis) is 1. The largest absolute Gasteiger partial charge is 0.480 e. The maximum Gasteiger partial charge on any atom is 0.408 e. The van der Waals surface area contributed by atoms with Crippen LogP contribution in [0.2, 0.25) is 0 Å². The summed E-state index contributed by atoms with van der Waals surface area (Å²) < 4.78 is 5.01. The van der Waals surface area contributed by atoms with E-state index in [1.165, 1.54) is 0 Å². The molecule has 2 atom stereocenters. The third-order valence-electron chi connectivity index (χ3n) is 3.72. The Hall–Kier alpha value is -3.92. The van der Waals surface area contributed by atoms with Crippen molar-refractivity contribution in [1.82, 2.24) is 10.6 Å². The van der Waals surface area contributed by atoms with E-state index in [9.17, 15) is 39.7 Å². The number of aliphatic carboxylic acids is 1. The zero-order valence-corrected chi connectivity index (χ0v) is 19.1. The molecule has 2 unspecified atom stereocenters. The normalized spacial score (nSPS) is 13.2. The molecule has 0 rings (SSSR count). The molecule has 0 aromatic heterocycles. The van der Waals surface area contributed by atoms with Crippen LogP contribution in [0.4, 0.5) is 4.79 Å². The van der Waals surface area contributed by atoms with Gasteiger partial charge in [0.1, 0.15) is 24.4 Å². The molecule has 0 aliphatic heterocycles. The van der Waals surface area contributed by atoms with E-state index in [4.69, 9.17) is 10.5 Å². The van der Waals surface area contributed by atoms with E-state index in [-0.39, 0.29) is 44.6 Å². The molecular formula is C17H30N6O11. The first-order valence-electron chi connectivity index (χ1n) is 10.1. The average Bonchev–Trinajstić information content (AvgIpc) is 2.66. The van der Waals surface area contributed by atoms with E-state index in [2.05, 4.69) is 25.3 Å². The number of rotatable bonds is 15. The van der Waals surface area contributed by atoms with Crippen LogP contribution in [0, 0.1) is 20.2 Å². The molecule has 2 amide bonds. The van der Waals surface area contributed by atoms with Crippen molar-refractivity contribution >= 4 is 23.9 Å². The summed E-state index contributed by atoms with van der Waals surface area (Å²) in [4.78, 5) is 67.6. The van der Waals surface area contributed by atoms with Crippen molar-refractivity contribution < 1.29 is 44.1 Å². The molecule has 0 bridgehead atoms. The van der Waals surface area contributed by atoms with Crippen molar-refractivity contribution in [2.45, 2.75) is 70.6 Å². The average molecular weight is 494 g/mol. The monoisotopic (exact) mass is 494 g/mol.